The summed E-state index contributed by atoms with van der Waals surface area (Å²) in [5, 5.41) is 0. The molecule has 0 saturated heterocycles. The fourth-order valence-corrected chi connectivity index (χ4v) is 1.73. The van der Waals surface area contributed by atoms with E-state index >= 15 is 0 Å². The lowest BCUT2D eigenvalue weighted by atomic mass is 9.97. The first-order valence-corrected chi connectivity index (χ1v) is 5.98. The van der Waals surface area contributed by atoms with Gasteiger partial charge in [0.25, 0.3) is 6.43 Å². The van der Waals surface area contributed by atoms with Crippen molar-refractivity contribution < 1.29 is 13.6 Å². The summed E-state index contributed by atoms with van der Waals surface area (Å²) in [6, 6.07) is 4.27. The Morgan fingerprint density at radius 1 is 1.44 bits per heavy atom. The van der Waals surface area contributed by atoms with Crippen molar-refractivity contribution in [2.75, 3.05) is 0 Å². The van der Waals surface area contributed by atoms with Gasteiger partial charge in [-0.1, -0.05) is 35.0 Å². The molecule has 0 aromatic heterocycles. The number of carbonyl (C=O) groups excluding carboxylic acids is 1. The van der Waals surface area contributed by atoms with Gasteiger partial charge in [-0.05, 0) is 25.0 Å². The largest absolute Gasteiger partial charge is 0.293 e. The van der Waals surface area contributed by atoms with E-state index in [1.165, 1.54) is 12.1 Å². The van der Waals surface area contributed by atoms with Crippen LogP contribution in [0.3, 0.4) is 0 Å². The third-order valence-electron chi connectivity index (χ3n) is 2.39. The van der Waals surface area contributed by atoms with E-state index in [4.69, 9.17) is 0 Å². The zero-order valence-electron chi connectivity index (χ0n) is 9.14. The highest BCUT2D eigenvalue weighted by Gasteiger charge is 2.18. The van der Waals surface area contributed by atoms with Crippen molar-refractivity contribution in [2.45, 2.75) is 31.5 Å². The van der Waals surface area contributed by atoms with Crippen LogP contribution in [0, 0.1) is 0 Å². The average Bonchev–Trinajstić information content (AvgIpc) is 2.26. The van der Waals surface area contributed by atoms with Crippen molar-refractivity contribution in [3.8, 4) is 0 Å². The minimum Gasteiger partial charge on any atom is -0.293 e. The third-order valence-corrected chi connectivity index (χ3v) is 2.81. The van der Waals surface area contributed by atoms with Crippen LogP contribution in [0.1, 0.15) is 41.8 Å². The second-order valence-corrected chi connectivity index (χ2v) is 4.92. The molecule has 0 N–H and O–H groups in total. The number of carbonyl (C=O) groups is 1. The summed E-state index contributed by atoms with van der Waals surface area (Å²) in [4.78, 5) is 11.5. The van der Waals surface area contributed by atoms with Crippen LogP contribution in [0.5, 0.6) is 0 Å². The number of benzene rings is 1. The highest BCUT2D eigenvalue weighted by molar-refractivity contribution is 9.10. The Bertz CT molecular complexity index is 389. The average molecular weight is 291 g/mol. The molecule has 0 bridgehead atoms. The summed E-state index contributed by atoms with van der Waals surface area (Å²) < 4.78 is 25.0. The summed E-state index contributed by atoms with van der Waals surface area (Å²) in [5.74, 6) is -0.153. The standard InChI is InChI=1S/C12H13BrF2O/c1-3-8-4-5-9(12(14)15)6-10(8)11(16)7(2)13/h4-7,12H,3H2,1-2H3. The number of rotatable bonds is 4. The topological polar surface area (TPSA) is 17.1 Å². The van der Waals surface area contributed by atoms with Gasteiger partial charge in [-0.25, -0.2) is 8.78 Å². The lowest BCUT2D eigenvalue weighted by Crippen LogP contribution is -2.13. The molecule has 1 rings (SSSR count). The van der Waals surface area contributed by atoms with E-state index in [2.05, 4.69) is 15.9 Å². The van der Waals surface area contributed by atoms with Crippen LogP contribution in [0.2, 0.25) is 0 Å². The van der Waals surface area contributed by atoms with Crippen LogP contribution in [-0.2, 0) is 6.42 Å². The number of Topliss-reactive ketones (excluding diaryl/α,β-unsaturated/α-hetero) is 1. The Balaban J connectivity index is 3.22. The van der Waals surface area contributed by atoms with E-state index in [9.17, 15) is 13.6 Å². The van der Waals surface area contributed by atoms with Crippen molar-refractivity contribution in [3.63, 3.8) is 0 Å². The number of hydrogen-bond acceptors (Lipinski definition) is 1. The van der Waals surface area contributed by atoms with Gasteiger partial charge in [-0.2, -0.15) is 0 Å². The van der Waals surface area contributed by atoms with E-state index < -0.39 is 6.43 Å². The van der Waals surface area contributed by atoms with Crippen molar-refractivity contribution >= 4 is 21.7 Å². The maximum Gasteiger partial charge on any atom is 0.263 e. The highest BCUT2D eigenvalue weighted by Crippen LogP contribution is 2.24. The van der Waals surface area contributed by atoms with Gasteiger partial charge in [0.1, 0.15) is 0 Å². The maximum absolute atomic E-state index is 12.5. The highest BCUT2D eigenvalue weighted by atomic mass is 79.9. The van der Waals surface area contributed by atoms with Gasteiger partial charge in [-0.15, -0.1) is 0 Å². The number of alkyl halides is 3. The van der Waals surface area contributed by atoms with Crippen LogP contribution in [-0.4, -0.2) is 10.6 Å². The second kappa shape index (κ2) is 5.53. The van der Waals surface area contributed by atoms with Crippen molar-refractivity contribution in [1.82, 2.24) is 0 Å². The Labute approximate surface area is 102 Å². The first kappa shape index (κ1) is 13.3. The number of halogens is 3. The van der Waals surface area contributed by atoms with Gasteiger partial charge in [0.05, 0.1) is 4.83 Å². The fourth-order valence-electron chi connectivity index (χ4n) is 1.48. The van der Waals surface area contributed by atoms with Crippen LogP contribution in [0.4, 0.5) is 8.78 Å². The lowest BCUT2D eigenvalue weighted by molar-refractivity contribution is 0.0994. The predicted molar refractivity (Wildman–Crippen MR) is 63.5 cm³/mol. The van der Waals surface area contributed by atoms with Crippen LogP contribution < -0.4 is 0 Å². The molecule has 0 aliphatic rings. The van der Waals surface area contributed by atoms with Gasteiger partial charge in [0, 0.05) is 11.1 Å². The van der Waals surface area contributed by atoms with E-state index in [1.54, 1.807) is 13.0 Å². The normalized spacial score (nSPS) is 12.9. The van der Waals surface area contributed by atoms with Crippen molar-refractivity contribution in [3.05, 3.63) is 34.9 Å². The molecule has 0 saturated carbocycles. The van der Waals surface area contributed by atoms with Gasteiger partial charge in [0.15, 0.2) is 5.78 Å². The first-order chi connectivity index (χ1) is 7.47. The summed E-state index contributed by atoms with van der Waals surface area (Å²) in [5.41, 5.74) is 1.10. The second-order valence-electron chi connectivity index (χ2n) is 3.55. The van der Waals surface area contributed by atoms with E-state index in [1.807, 2.05) is 6.92 Å². The summed E-state index contributed by atoms with van der Waals surface area (Å²) in [6.45, 7) is 3.59. The fraction of sp³-hybridized carbons (Fsp3) is 0.417. The van der Waals surface area contributed by atoms with Gasteiger partial charge in [-0.3, -0.25) is 4.79 Å². The van der Waals surface area contributed by atoms with Crippen molar-refractivity contribution in [2.24, 2.45) is 0 Å². The Morgan fingerprint density at radius 3 is 2.50 bits per heavy atom. The minimum atomic E-state index is -2.54. The van der Waals surface area contributed by atoms with E-state index in [0.29, 0.717) is 12.0 Å². The SMILES string of the molecule is CCc1ccc(C(F)F)cc1C(=O)C(C)Br. The smallest absolute Gasteiger partial charge is 0.263 e. The number of aryl methyl sites for hydroxylation is 1. The molecule has 0 spiro atoms. The molecule has 0 fully saturated rings. The molecular formula is C12H13BrF2O. The molecule has 0 amide bonds. The number of ketones is 1. The zero-order chi connectivity index (χ0) is 12.3. The lowest BCUT2D eigenvalue weighted by Gasteiger charge is -2.10. The predicted octanol–water partition coefficient (Wildman–Crippen LogP) is 4.15. The van der Waals surface area contributed by atoms with Crippen LogP contribution >= 0.6 is 15.9 Å². The van der Waals surface area contributed by atoms with Gasteiger partial charge in [0.2, 0.25) is 0 Å². The molecule has 0 radical (unpaired) electrons. The molecule has 1 aromatic rings. The number of hydrogen-bond donors (Lipinski definition) is 0. The molecule has 1 atom stereocenters. The zero-order valence-corrected chi connectivity index (χ0v) is 10.7. The molecule has 16 heavy (non-hydrogen) atoms. The molecule has 1 aromatic carbocycles. The summed E-state index contributed by atoms with van der Waals surface area (Å²) in [6.07, 6.45) is -1.88. The molecular weight excluding hydrogens is 278 g/mol. The molecule has 4 heteroatoms. The van der Waals surface area contributed by atoms with Crippen LogP contribution in [0.15, 0.2) is 18.2 Å². The Hall–Kier alpha value is -0.770. The Kier molecular flexibility index (Phi) is 4.59. The van der Waals surface area contributed by atoms with E-state index in [-0.39, 0.29) is 16.2 Å². The molecule has 0 aliphatic carbocycles. The molecule has 0 aliphatic heterocycles. The van der Waals surface area contributed by atoms with E-state index in [0.717, 1.165) is 5.56 Å². The van der Waals surface area contributed by atoms with Gasteiger partial charge >= 0.3 is 0 Å². The molecule has 0 heterocycles. The molecule has 1 unspecified atom stereocenters. The minimum absolute atomic E-state index is 0.103. The van der Waals surface area contributed by atoms with Crippen LogP contribution in [0.25, 0.3) is 0 Å². The monoisotopic (exact) mass is 290 g/mol. The van der Waals surface area contributed by atoms with Gasteiger partial charge < -0.3 is 0 Å². The summed E-state index contributed by atoms with van der Waals surface area (Å²) in [7, 11) is 0. The molecule has 88 valence electrons. The summed E-state index contributed by atoms with van der Waals surface area (Å²) >= 11 is 3.16. The quantitative estimate of drug-likeness (QED) is 0.601. The van der Waals surface area contributed by atoms with Crippen molar-refractivity contribution in [1.29, 1.82) is 0 Å². The maximum atomic E-state index is 12.5. The Morgan fingerprint density at radius 2 is 2.06 bits per heavy atom. The molecule has 1 nitrogen and oxygen atoms in total. The first-order valence-electron chi connectivity index (χ1n) is 5.06. The third kappa shape index (κ3) is 2.88.